The van der Waals surface area contributed by atoms with Crippen LogP contribution in [0.4, 0.5) is 0 Å². The van der Waals surface area contributed by atoms with Gasteiger partial charge in [0, 0.05) is 23.7 Å². The van der Waals surface area contributed by atoms with Crippen molar-refractivity contribution in [3.8, 4) is 0 Å². The van der Waals surface area contributed by atoms with Gasteiger partial charge >= 0.3 is 0 Å². The summed E-state index contributed by atoms with van der Waals surface area (Å²) < 4.78 is 0. The maximum Gasteiger partial charge on any atom is 0.256 e. The summed E-state index contributed by atoms with van der Waals surface area (Å²) in [7, 11) is 0. The van der Waals surface area contributed by atoms with Crippen molar-refractivity contribution < 1.29 is 10.0 Å². The Hall–Kier alpha value is -2.24. The van der Waals surface area contributed by atoms with Crippen LogP contribution in [0, 0.1) is 0 Å². The molecule has 2 aromatic carbocycles. The van der Waals surface area contributed by atoms with E-state index in [0.29, 0.717) is 34.3 Å². The highest BCUT2D eigenvalue weighted by Gasteiger charge is 2.30. The number of amidine groups is 1. The van der Waals surface area contributed by atoms with Crippen molar-refractivity contribution >= 4 is 34.9 Å². The highest BCUT2D eigenvalue weighted by molar-refractivity contribution is 6.34. The number of carbonyl (C=O) groups excluding carboxylic acids is 1. The first-order chi connectivity index (χ1) is 11.0. The molecule has 23 heavy (non-hydrogen) atoms. The Morgan fingerprint density at radius 2 is 1.96 bits per heavy atom. The molecule has 0 unspecified atom stereocenters. The van der Waals surface area contributed by atoms with Gasteiger partial charge in [0.25, 0.3) is 5.91 Å². The monoisotopic (exact) mass is 349 g/mol. The van der Waals surface area contributed by atoms with Crippen molar-refractivity contribution in [2.24, 2.45) is 10.9 Å². The zero-order valence-electron chi connectivity index (χ0n) is 12.0. The van der Waals surface area contributed by atoms with Crippen LogP contribution in [0.3, 0.4) is 0 Å². The van der Waals surface area contributed by atoms with E-state index in [1.807, 2.05) is 12.1 Å². The summed E-state index contributed by atoms with van der Waals surface area (Å²) in [4.78, 5) is 14.2. The molecular weight excluding hydrogens is 337 g/mol. The lowest BCUT2D eigenvalue weighted by atomic mass is 10.1. The van der Waals surface area contributed by atoms with E-state index >= 15 is 0 Å². The van der Waals surface area contributed by atoms with E-state index in [9.17, 15) is 4.79 Å². The summed E-state index contributed by atoms with van der Waals surface area (Å²) in [6.07, 6.45) is 0. The smallest absolute Gasteiger partial charge is 0.256 e. The van der Waals surface area contributed by atoms with Gasteiger partial charge in [0.1, 0.15) is 0 Å². The van der Waals surface area contributed by atoms with E-state index in [2.05, 4.69) is 5.16 Å². The fourth-order valence-electron chi connectivity index (χ4n) is 2.61. The minimum absolute atomic E-state index is 0.0432. The highest BCUT2D eigenvalue weighted by Crippen LogP contribution is 2.31. The Morgan fingerprint density at radius 1 is 1.26 bits per heavy atom. The minimum Gasteiger partial charge on any atom is -0.409 e. The van der Waals surface area contributed by atoms with E-state index in [-0.39, 0.29) is 11.7 Å². The number of fused-ring (bicyclic) bond motifs is 1. The van der Waals surface area contributed by atoms with E-state index in [4.69, 9.17) is 34.1 Å². The van der Waals surface area contributed by atoms with Gasteiger partial charge in [-0.15, -0.1) is 0 Å². The van der Waals surface area contributed by atoms with Gasteiger partial charge in [-0.2, -0.15) is 0 Å². The van der Waals surface area contributed by atoms with Crippen LogP contribution in [-0.2, 0) is 13.1 Å². The summed E-state index contributed by atoms with van der Waals surface area (Å²) in [5.74, 6) is -0.177. The third kappa shape index (κ3) is 2.98. The predicted molar refractivity (Wildman–Crippen MR) is 89.0 cm³/mol. The number of amides is 1. The van der Waals surface area contributed by atoms with Crippen LogP contribution in [0.1, 0.15) is 27.0 Å². The molecule has 2 aromatic rings. The Morgan fingerprint density at radius 3 is 2.61 bits per heavy atom. The molecule has 0 bridgehead atoms. The van der Waals surface area contributed by atoms with Gasteiger partial charge in [-0.3, -0.25) is 4.79 Å². The quantitative estimate of drug-likeness (QED) is 0.386. The van der Waals surface area contributed by atoms with Crippen LogP contribution in [0.15, 0.2) is 41.6 Å². The molecule has 0 atom stereocenters. The lowest BCUT2D eigenvalue weighted by Crippen LogP contribution is -2.23. The molecule has 3 rings (SSSR count). The van der Waals surface area contributed by atoms with Gasteiger partial charge in [-0.25, -0.2) is 0 Å². The second kappa shape index (κ2) is 6.10. The van der Waals surface area contributed by atoms with Crippen LogP contribution >= 0.6 is 23.2 Å². The predicted octanol–water partition coefficient (Wildman–Crippen LogP) is 3.24. The molecule has 1 amide bonds. The van der Waals surface area contributed by atoms with Gasteiger partial charge in [0.2, 0.25) is 0 Å². The summed E-state index contributed by atoms with van der Waals surface area (Å²) in [5.41, 5.74) is 8.28. The van der Waals surface area contributed by atoms with Gasteiger partial charge in [0.05, 0.1) is 10.6 Å². The van der Waals surface area contributed by atoms with Crippen molar-refractivity contribution in [2.75, 3.05) is 0 Å². The first-order valence-electron chi connectivity index (χ1n) is 6.83. The first-order valence-corrected chi connectivity index (χ1v) is 7.59. The summed E-state index contributed by atoms with van der Waals surface area (Å²) in [6, 6.07) is 10.6. The Bertz CT molecular complexity index is 804. The van der Waals surface area contributed by atoms with Crippen LogP contribution in [-0.4, -0.2) is 21.8 Å². The van der Waals surface area contributed by atoms with Gasteiger partial charge in [-0.05, 0) is 35.4 Å². The molecule has 1 aliphatic rings. The fraction of sp³-hybridized carbons (Fsp3) is 0.125. The van der Waals surface area contributed by atoms with Crippen molar-refractivity contribution in [1.82, 2.24) is 4.90 Å². The van der Waals surface area contributed by atoms with Crippen molar-refractivity contribution in [3.05, 3.63) is 68.7 Å². The van der Waals surface area contributed by atoms with Crippen LogP contribution < -0.4 is 5.73 Å². The molecule has 118 valence electrons. The Kier molecular flexibility index (Phi) is 4.15. The molecule has 5 nitrogen and oxygen atoms in total. The standard InChI is InChI=1S/C16H13Cl2N3O2/c17-12-3-1-9(2-4-12)7-21-8-11-5-10(15(19)20-23)6-13(18)14(11)16(21)22/h1-6,23H,7-8H2,(H2,19,20). The molecule has 0 aromatic heterocycles. The second-order valence-corrected chi connectivity index (χ2v) is 6.11. The molecule has 0 saturated carbocycles. The normalized spacial score (nSPS) is 14.3. The largest absolute Gasteiger partial charge is 0.409 e. The van der Waals surface area contributed by atoms with E-state index in [1.165, 1.54) is 6.07 Å². The van der Waals surface area contributed by atoms with E-state index in [0.717, 1.165) is 11.1 Å². The van der Waals surface area contributed by atoms with E-state index in [1.54, 1.807) is 23.1 Å². The highest BCUT2D eigenvalue weighted by atomic mass is 35.5. The summed E-state index contributed by atoms with van der Waals surface area (Å²) in [6.45, 7) is 0.878. The number of nitrogens with two attached hydrogens (primary N) is 1. The maximum absolute atomic E-state index is 12.5. The molecule has 0 fully saturated rings. The molecule has 3 N–H and O–H groups in total. The fourth-order valence-corrected chi connectivity index (χ4v) is 3.05. The SMILES string of the molecule is NC(=NO)c1cc(Cl)c2c(c1)CN(Cc1ccc(Cl)cc1)C2=O. The Balaban J connectivity index is 1.89. The van der Waals surface area contributed by atoms with Gasteiger partial charge in [0.15, 0.2) is 5.84 Å². The molecule has 0 saturated heterocycles. The summed E-state index contributed by atoms with van der Waals surface area (Å²) >= 11 is 12.1. The molecule has 1 aliphatic heterocycles. The number of rotatable bonds is 3. The molecule has 0 aliphatic carbocycles. The number of hydrogen-bond acceptors (Lipinski definition) is 3. The number of oxime groups is 1. The molecular formula is C16H13Cl2N3O2. The van der Waals surface area contributed by atoms with Crippen LogP contribution in [0.5, 0.6) is 0 Å². The van der Waals surface area contributed by atoms with Crippen molar-refractivity contribution in [1.29, 1.82) is 0 Å². The number of carbonyl (C=O) groups is 1. The number of hydrogen-bond donors (Lipinski definition) is 2. The zero-order valence-corrected chi connectivity index (χ0v) is 13.5. The topological polar surface area (TPSA) is 78.9 Å². The zero-order chi connectivity index (χ0) is 16.6. The third-order valence-electron chi connectivity index (χ3n) is 3.72. The van der Waals surface area contributed by atoms with E-state index < -0.39 is 0 Å². The second-order valence-electron chi connectivity index (χ2n) is 5.27. The lowest BCUT2D eigenvalue weighted by Gasteiger charge is -2.15. The average Bonchev–Trinajstić information content (AvgIpc) is 2.85. The van der Waals surface area contributed by atoms with Crippen molar-refractivity contribution in [3.63, 3.8) is 0 Å². The molecule has 1 heterocycles. The van der Waals surface area contributed by atoms with Crippen LogP contribution in [0.2, 0.25) is 10.0 Å². The first kappa shape index (κ1) is 15.6. The third-order valence-corrected chi connectivity index (χ3v) is 4.27. The lowest BCUT2D eigenvalue weighted by molar-refractivity contribution is 0.0767. The average molecular weight is 350 g/mol. The molecule has 7 heteroatoms. The Labute approximate surface area is 142 Å². The van der Waals surface area contributed by atoms with Crippen molar-refractivity contribution in [2.45, 2.75) is 13.1 Å². The number of nitrogens with zero attached hydrogens (tertiary/aromatic N) is 2. The molecule has 0 radical (unpaired) electrons. The molecule has 0 spiro atoms. The number of benzene rings is 2. The number of halogens is 2. The van der Waals surface area contributed by atoms with Crippen LogP contribution in [0.25, 0.3) is 0 Å². The minimum atomic E-state index is -0.133. The van der Waals surface area contributed by atoms with Gasteiger partial charge < -0.3 is 15.8 Å². The van der Waals surface area contributed by atoms with Gasteiger partial charge in [-0.1, -0.05) is 40.5 Å². The maximum atomic E-state index is 12.5. The summed E-state index contributed by atoms with van der Waals surface area (Å²) in [5, 5.41) is 12.7.